The number of hydrogen-bond acceptors (Lipinski definition) is 3. The largest absolute Gasteiger partial charge is 0.416 e. The van der Waals surface area contributed by atoms with Crippen LogP contribution in [0.15, 0.2) is 47.3 Å². The summed E-state index contributed by atoms with van der Waals surface area (Å²) < 4.78 is 60.3. The van der Waals surface area contributed by atoms with Crippen LogP contribution in [0, 0.1) is 12.7 Å². The van der Waals surface area contributed by atoms with Crippen molar-refractivity contribution in [3.05, 3.63) is 80.9 Å². The number of nitrogens with one attached hydrogen (secondary N) is 1. The van der Waals surface area contributed by atoms with Gasteiger partial charge in [0.15, 0.2) is 0 Å². The molecule has 1 amide bonds. The molecule has 0 unspecified atom stereocenters. The molecule has 5 nitrogen and oxygen atoms in total. The van der Waals surface area contributed by atoms with Crippen LogP contribution in [0.5, 0.6) is 0 Å². The highest BCUT2D eigenvalue weighted by atomic mass is 19.4. The number of nitrogens with zero attached hydrogens (tertiary/aromatic N) is 1. The minimum absolute atomic E-state index is 0.00219. The van der Waals surface area contributed by atoms with Gasteiger partial charge in [0, 0.05) is 31.2 Å². The normalized spacial score (nSPS) is 15.1. The van der Waals surface area contributed by atoms with Gasteiger partial charge in [-0.1, -0.05) is 18.2 Å². The van der Waals surface area contributed by atoms with Crippen LogP contribution in [0.1, 0.15) is 45.9 Å². The molecule has 0 aliphatic carbocycles. The Labute approximate surface area is 187 Å². The molecule has 0 radical (unpaired) electrons. The second-order valence-corrected chi connectivity index (χ2v) is 8.06. The lowest BCUT2D eigenvalue weighted by atomic mass is 9.99. The van der Waals surface area contributed by atoms with Crippen LogP contribution in [-0.2, 0) is 17.5 Å². The maximum atomic E-state index is 13.5. The van der Waals surface area contributed by atoms with Crippen molar-refractivity contribution < 1.29 is 27.1 Å². The summed E-state index contributed by atoms with van der Waals surface area (Å²) in [5, 5.41) is 3.02. The Kier molecular flexibility index (Phi) is 6.25. The van der Waals surface area contributed by atoms with Gasteiger partial charge < -0.3 is 14.6 Å². The van der Waals surface area contributed by atoms with Crippen LogP contribution < -0.4 is 10.9 Å². The van der Waals surface area contributed by atoms with Crippen molar-refractivity contribution in [2.24, 2.45) is 0 Å². The quantitative estimate of drug-likeness (QED) is 0.570. The fourth-order valence-corrected chi connectivity index (χ4v) is 4.24. The van der Waals surface area contributed by atoms with Gasteiger partial charge in [-0.25, -0.2) is 4.39 Å². The summed E-state index contributed by atoms with van der Waals surface area (Å²) in [5.74, 6) is -1.12. The summed E-state index contributed by atoms with van der Waals surface area (Å²) in [6, 6.07) is 8.51. The van der Waals surface area contributed by atoms with Gasteiger partial charge in [-0.2, -0.15) is 13.2 Å². The zero-order valence-electron chi connectivity index (χ0n) is 17.8. The predicted molar refractivity (Wildman–Crippen MR) is 115 cm³/mol. The number of carbonyl (C=O) groups is 1. The molecule has 1 fully saturated rings. The maximum absolute atomic E-state index is 13.5. The number of carbonyl (C=O) groups excluding carboxylic acids is 1. The standard InChI is InChI=1S/C24H22F4N2O3/c1-14-19-6-5-16(24(26,27)28)12-20(19)30(18-7-9-33-10-8-18)23(32)21(14)22(31)29-13-15-3-2-4-17(25)11-15/h2-6,11-12,18H,7-10,13H2,1H3,(H,29,31). The number of pyridine rings is 1. The fourth-order valence-electron chi connectivity index (χ4n) is 4.24. The molecule has 3 aromatic rings. The molecule has 2 heterocycles. The van der Waals surface area contributed by atoms with Crippen LogP contribution in [0.4, 0.5) is 17.6 Å². The van der Waals surface area contributed by atoms with E-state index in [1.54, 1.807) is 13.0 Å². The van der Waals surface area contributed by atoms with E-state index in [0.29, 0.717) is 42.6 Å². The van der Waals surface area contributed by atoms with E-state index in [1.165, 1.54) is 28.8 Å². The highest BCUT2D eigenvalue weighted by Gasteiger charge is 2.32. The van der Waals surface area contributed by atoms with E-state index in [1.807, 2.05) is 0 Å². The number of aryl methyl sites for hydroxylation is 1. The Morgan fingerprint density at radius 2 is 1.88 bits per heavy atom. The Balaban J connectivity index is 1.82. The second kappa shape index (κ2) is 8.97. The maximum Gasteiger partial charge on any atom is 0.416 e. The van der Waals surface area contributed by atoms with Gasteiger partial charge in [0.2, 0.25) is 0 Å². The van der Waals surface area contributed by atoms with E-state index in [-0.39, 0.29) is 17.6 Å². The monoisotopic (exact) mass is 462 g/mol. The van der Waals surface area contributed by atoms with Crippen LogP contribution in [-0.4, -0.2) is 23.7 Å². The Bertz CT molecular complexity index is 1260. The highest BCUT2D eigenvalue weighted by Crippen LogP contribution is 2.34. The first kappa shape index (κ1) is 23.0. The van der Waals surface area contributed by atoms with Crippen LogP contribution in [0.25, 0.3) is 10.9 Å². The Morgan fingerprint density at radius 3 is 2.55 bits per heavy atom. The smallest absolute Gasteiger partial charge is 0.381 e. The topological polar surface area (TPSA) is 60.3 Å². The Hall–Kier alpha value is -3.20. The van der Waals surface area contributed by atoms with Crippen LogP contribution in [0.2, 0.25) is 0 Å². The van der Waals surface area contributed by atoms with Crippen molar-refractivity contribution in [3.63, 3.8) is 0 Å². The van der Waals surface area contributed by atoms with Gasteiger partial charge in [-0.15, -0.1) is 0 Å². The lowest BCUT2D eigenvalue weighted by Crippen LogP contribution is -2.37. The second-order valence-electron chi connectivity index (χ2n) is 8.06. The van der Waals surface area contributed by atoms with Gasteiger partial charge in [0.25, 0.3) is 11.5 Å². The summed E-state index contributed by atoms with van der Waals surface area (Å²) in [5.41, 5.74) is -0.697. The number of halogens is 4. The average Bonchev–Trinajstić information content (AvgIpc) is 2.77. The molecule has 4 rings (SSSR count). The number of hydrogen-bond donors (Lipinski definition) is 1. The number of ether oxygens (including phenoxy) is 1. The van der Waals surface area contributed by atoms with Crippen molar-refractivity contribution in [3.8, 4) is 0 Å². The molecule has 1 aromatic heterocycles. The third-order valence-corrected chi connectivity index (χ3v) is 5.92. The number of alkyl halides is 3. The number of fused-ring (bicyclic) bond motifs is 1. The number of benzene rings is 2. The van der Waals surface area contributed by atoms with Gasteiger partial charge >= 0.3 is 6.18 Å². The minimum atomic E-state index is -4.57. The van der Waals surface area contributed by atoms with Gasteiger partial charge in [-0.3, -0.25) is 9.59 Å². The summed E-state index contributed by atoms with van der Waals surface area (Å²) in [6.07, 6.45) is -3.68. The van der Waals surface area contributed by atoms with Crippen LogP contribution >= 0.6 is 0 Å². The Morgan fingerprint density at radius 1 is 1.15 bits per heavy atom. The summed E-state index contributed by atoms with van der Waals surface area (Å²) in [4.78, 5) is 26.5. The molecule has 33 heavy (non-hydrogen) atoms. The number of amides is 1. The summed E-state index contributed by atoms with van der Waals surface area (Å²) in [7, 11) is 0. The molecule has 1 saturated heterocycles. The molecule has 2 aromatic carbocycles. The SMILES string of the molecule is Cc1c(C(=O)NCc2cccc(F)c2)c(=O)n(C2CCOCC2)c2cc(C(F)(F)F)ccc12. The first-order chi connectivity index (χ1) is 15.7. The van der Waals surface area contributed by atoms with Gasteiger partial charge in [-0.05, 0) is 55.2 Å². The lowest BCUT2D eigenvalue weighted by Gasteiger charge is -2.27. The molecule has 1 N–H and O–H groups in total. The van der Waals surface area contributed by atoms with E-state index < -0.39 is 35.1 Å². The molecule has 0 atom stereocenters. The van der Waals surface area contributed by atoms with E-state index in [2.05, 4.69) is 5.32 Å². The van der Waals surface area contributed by atoms with Crippen molar-refractivity contribution in [2.75, 3.05) is 13.2 Å². The molecule has 9 heteroatoms. The third kappa shape index (κ3) is 4.64. The number of rotatable bonds is 4. The third-order valence-electron chi connectivity index (χ3n) is 5.92. The number of aromatic nitrogens is 1. The first-order valence-corrected chi connectivity index (χ1v) is 10.5. The molecular formula is C24H22F4N2O3. The van der Waals surface area contributed by atoms with Gasteiger partial charge in [0.05, 0.1) is 11.1 Å². The van der Waals surface area contributed by atoms with Crippen molar-refractivity contribution in [1.29, 1.82) is 0 Å². The van der Waals surface area contributed by atoms with E-state index >= 15 is 0 Å². The van der Waals surface area contributed by atoms with E-state index in [0.717, 1.165) is 12.1 Å². The average molecular weight is 462 g/mol. The van der Waals surface area contributed by atoms with E-state index in [4.69, 9.17) is 4.74 Å². The summed E-state index contributed by atoms with van der Waals surface area (Å²) >= 11 is 0. The molecule has 1 aliphatic heterocycles. The first-order valence-electron chi connectivity index (χ1n) is 10.5. The van der Waals surface area contributed by atoms with Crippen molar-refractivity contribution >= 4 is 16.8 Å². The predicted octanol–water partition coefficient (Wildman–Crippen LogP) is 4.75. The lowest BCUT2D eigenvalue weighted by molar-refractivity contribution is -0.137. The molecular weight excluding hydrogens is 440 g/mol. The molecule has 0 saturated carbocycles. The highest BCUT2D eigenvalue weighted by molar-refractivity contribution is 6.00. The fraction of sp³-hybridized carbons (Fsp3) is 0.333. The molecule has 0 bridgehead atoms. The van der Waals surface area contributed by atoms with Crippen LogP contribution in [0.3, 0.4) is 0 Å². The zero-order valence-corrected chi connectivity index (χ0v) is 17.8. The summed E-state index contributed by atoms with van der Waals surface area (Å²) in [6.45, 7) is 2.28. The molecule has 0 spiro atoms. The van der Waals surface area contributed by atoms with E-state index in [9.17, 15) is 27.2 Å². The van der Waals surface area contributed by atoms with Gasteiger partial charge in [0.1, 0.15) is 11.4 Å². The molecule has 174 valence electrons. The molecule has 1 aliphatic rings. The van der Waals surface area contributed by atoms with Crippen molar-refractivity contribution in [1.82, 2.24) is 9.88 Å². The minimum Gasteiger partial charge on any atom is -0.381 e. The van der Waals surface area contributed by atoms with Crippen molar-refractivity contribution in [2.45, 2.75) is 38.5 Å². The zero-order chi connectivity index (χ0) is 23.8.